The molecule has 0 radical (unpaired) electrons. The van der Waals surface area contributed by atoms with Crippen LogP contribution >= 0.6 is 0 Å². The number of ether oxygens (including phenoxy) is 3. The van der Waals surface area contributed by atoms with Gasteiger partial charge in [-0.1, -0.05) is 128 Å². The minimum Gasteiger partial charge on any atom is -0.507 e. The minimum atomic E-state index is -0.292. The highest BCUT2D eigenvalue weighted by Gasteiger charge is 2.15. The lowest BCUT2D eigenvalue weighted by Gasteiger charge is -2.11. The molecule has 0 spiro atoms. The number of aromatic hydroxyl groups is 1. The van der Waals surface area contributed by atoms with E-state index in [-0.39, 0.29) is 23.9 Å². The average molecular weight is 553 g/mol. The van der Waals surface area contributed by atoms with Gasteiger partial charge in [0.2, 0.25) is 0 Å². The Morgan fingerprint density at radius 3 is 1.82 bits per heavy atom. The van der Waals surface area contributed by atoms with Crippen LogP contribution < -0.4 is 9.47 Å². The zero-order chi connectivity index (χ0) is 28.7. The number of benzene rings is 2. The summed E-state index contributed by atoms with van der Waals surface area (Å²) in [5.41, 5.74) is 1.06. The van der Waals surface area contributed by atoms with Gasteiger partial charge in [-0.2, -0.15) is 0 Å². The zero-order valence-electron chi connectivity index (χ0n) is 25.0. The van der Waals surface area contributed by atoms with Gasteiger partial charge in [0.05, 0.1) is 6.61 Å². The van der Waals surface area contributed by atoms with E-state index in [1.54, 1.807) is 25.3 Å². The fourth-order valence-corrected chi connectivity index (χ4v) is 4.78. The fraction of sp³-hybridized carbons (Fsp3) is 0.571. The molecule has 0 bridgehead atoms. The number of ketones is 1. The van der Waals surface area contributed by atoms with Gasteiger partial charge in [0.15, 0.2) is 12.6 Å². The number of phenols is 1. The van der Waals surface area contributed by atoms with Gasteiger partial charge in [0.1, 0.15) is 22.8 Å². The highest BCUT2D eigenvalue weighted by molar-refractivity contribution is 6.10. The van der Waals surface area contributed by atoms with Crippen molar-refractivity contribution in [2.45, 2.75) is 110 Å². The fourth-order valence-electron chi connectivity index (χ4n) is 4.78. The van der Waals surface area contributed by atoms with Crippen LogP contribution in [0.5, 0.6) is 17.2 Å². The summed E-state index contributed by atoms with van der Waals surface area (Å²) in [4.78, 5) is 12.9. The predicted molar refractivity (Wildman–Crippen MR) is 165 cm³/mol. The molecule has 5 nitrogen and oxygen atoms in total. The molecule has 0 saturated carbocycles. The highest BCUT2D eigenvalue weighted by Crippen LogP contribution is 2.29. The van der Waals surface area contributed by atoms with Crippen LogP contribution in [0, 0.1) is 0 Å². The van der Waals surface area contributed by atoms with Gasteiger partial charge in [0.25, 0.3) is 0 Å². The molecular formula is C35H52O5. The number of unbranched alkanes of at least 4 members (excludes halogenated alkanes) is 15. The number of allylic oxidation sites excluding steroid dienone is 1. The first-order chi connectivity index (χ1) is 19.7. The van der Waals surface area contributed by atoms with Crippen molar-refractivity contribution in [3.05, 3.63) is 59.7 Å². The summed E-state index contributed by atoms with van der Waals surface area (Å²) >= 11 is 0. The maximum atomic E-state index is 12.9. The van der Waals surface area contributed by atoms with E-state index >= 15 is 0 Å². The monoisotopic (exact) mass is 552 g/mol. The second-order valence-corrected chi connectivity index (χ2v) is 10.6. The molecule has 0 unspecified atom stereocenters. The highest BCUT2D eigenvalue weighted by atomic mass is 16.7. The number of carbonyl (C=O) groups excluding carboxylic acids is 1. The molecule has 0 atom stereocenters. The Morgan fingerprint density at radius 2 is 1.27 bits per heavy atom. The molecule has 0 aromatic heterocycles. The van der Waals surface area contributed by atoms with E-state index < -0.39 is 0 Å². The maximum Gasteiger partial charge on any atom is 0.193 e. The summed E-state index contributed by atoms with van der Waals surface area (Å²) in [5.74, 6) is 0.761. The molecule has 5 heteroatoms. The lowest BCUT2D eigenvalue weighted by molar-refractivity contribution is 0.0511. The van der Waals surface area contributed by atoms with E-state index in [9.17, 15) is 9.90 Å². The summed E-state index contributed by atoms with van der Waals surface area (Å²) in [6, 6.07) is 12.3. The van der Waals surface area contributed by atoms with E-state index in [2.05, 4.69) is 6.92 Å². The van der Waals surface area contributed by atoms with Crippen molar-refractivity contribution in [1.29, 1.82) is 0 Å². The lowest BCUT2D eigenvalue weighted by Crippen LogP contribution is -2.04. The van der Waals surface area contributed by atoms with Crippen molar-refractivity contribution in [3.63, 3.8) is 0 Å². The van der Waals surface area contributed by atoms with Crippen molar-refractivity contribution in [2.75, 3.05) is 20.5 Å². The molecule has 1 N–H and O–H groups in total. The van der Waals surface area contributed by atoms with Gasteiger partial charge in [-0.05, 0) is 42.3 Å². The molecule has 222 valence electrons. The van der Waals surface area contributed by atoms with Gasteiger partial charge >= 0.3 is 0 Å². The van der Waals surface area contributed by atoms with Crippen molar-refractivity contribution in [1.82, 2.24) is 0 Å². The molecule has 2 aromatic rings. The third-order valence-corrected chi connectivity index (χ3v) is 7.16. The molecule has 0 fully saturated rings. The largest absolute Gasteiger partial charge is 0.507 e. The molecule has 0 heterocycles. The summed E-state index contributed by atoms with van der Waals surface area (Å²) in [7, 11) is 1.57. The molecule has 0 aliphatic carbocycles. The van der Waals surface area contributed by atoms with E-state index in [0.717, 1.165) is 18.4 Å². The quantitative estimate of drug-likeness (QED) is 0.0607. The van der Waals surface area contributed by atoms with E-state index in [1.165, 1.54) is 102 Å². The third-order valence-electron chi connectivity index (χ3n) is 7.16. The molecule has 0 aliphatic heterocycles. The zero-order valence-corrected chi connectivity index (χ0v) is 25.0. The smallest absolute Gasteiger partial charge is 0.193 e. The Morgan fingerprint density at radius 1 is 0.725 bits per heavy atom. The SMILES string of the molecule is CCCCCCCCCCCCCCCCCCOc1cccc(O)c1C(=O)/C=C/c1ccc(OCOC)cc1. The predicted octanol–water partition coefficient (Wildman–Crippen LogP) is 9.91. The molecule has 2 aromatic carbocycles. The molecule has 0 saturated heterocycles. The Hall–Kier alpha value is -2.79. The first-order valence-electron chi connectivity index (χ1n) is 15.5. The van der Waals surface area contributed by atoms with Crippen LogP contribution in [-0.4, -0.2) is 31.4 Å². The normalized spacial score (nSPS) is 11.2. The van der Waals surface area contributed by atoms with Crippen LogP contribution in [0.1, 0.15) is 126 Å². The van der Waals surface area contributed by atoms with Crippen LogP contribution in [0.25, 0.3) is 6.08 Å². The van der Waals surface area contributed by atoms with Crippen molar-refractivity contribution >= 4 is 11.9 Å². The Balaban J connectivity index is 1.59. The van der Waals surface area contributed by atoms with Gasteiger partial charge < -0.3 is 19.3 Å². The van der Waals surface area contributed by atoms with Crippen LogP contribution in [0.2, 0.25) is 0 Å². The Kier molecular flexibility index (Phi) is 18.3. The summed E-state index contributed by atoms with van der Waals surface area (Å²) < 4.78 is 16.2. The second-order valence-electron chi connectivity index (χ2n) is 10.6. The summed E-state index contributed by atoms with van der Waals surface area (Å²) in [6.45, 7) is 3.00. The minimum absolute atomic E-state index is 0.0672. The summed E-state index contributed by atoms with van der Waals surface area (Å²) in [6.07, 6.45) is 24.4. The van der Waals surface area contributed by atoms with Crippen LogP contribution in [0.4, 0.5) is 0 Å². The van der Waals surface area contributed by atoms with Gasteiger partial charge in [-0.15, -0.1) is 0 Å². The molecule has 2 rings (SSSR count). The first-order valence-corrected chi connectivity index (χ1v) is 15.5. The van der Waals surface area contributed by atoms with Gasteiger partial charge in [0, 0.05) is 7.11 Å². The number of hydrogen-bond acceptors (Lipinski definition) is 5. The second kappa shape index (κ2) is 22.0. The van der Waals surface area contributed by atoms with Gasteiger partial charge in [-0.25, -0.2) is 0 Å². The summed E-state index contributed by atoms with van der Waals surface area (Å²) in [5, 5.41) is 10.4. The van der Waals surface area contributed by atoms with Gasteiger partial charge in [-0.3, -0.25) is 4.79 Å². The molecule has 0 amide bonds. The van der Waals surface area contributed by atoms with Crippen LogP contribution in [0.3, 0.4) is 0 Å². The van der Waals surface area contributed by atoms with Crippen molar-refractivity contribution in [2.24, 2.45) is 0 Å². The van der Waals surface area contributed by atoms with Crippen LogP contribution in [-0.2, 0) is 4.74 Å². The number of carbonyl (C=O) groups is 1. The van der Waals surface area contributed by atoms with E-state index in [4.69, 9.17) is 14.2 Å². The maximum absolute atomic E-state index is 12.9. The first kappa shape index (κ1) is 33.4. The number of hydrogen-bond donors (Lipinski definition) is 1. The standard InChI is InChI=1S/C35H52O5/c1-3-4-5-6-7-8-9-10-11-12-13-14-15-16-17-18-28-39-34-21-19-20-32(36)35(34)33(37)27-24-30-22-25-31(26-23-30)40-29-38-2/h19-27,36H,3-18,28-29H2,1-2H3/b27-24+. The van der Waals surface area contributed by atoms with E-state index in [1.807, 2.05) is 24.3 Å². The van der Waals surface area contributed by atoms with Crippen LogP contribution in [0.15, 0.2) is 48.5 Å². The lowest BCUT2D eigenvalue weighted by atomic mass is 10.0. The number of phenolic OH excluding ortho intramolecular Hbond substituents is 1. The molecule has 0 aliphatic rings. The molecule has 40 heavy (non-hydrogen) atoms. The number of methoxy groups -OCH3 is 1. The Bertz CT molecular complexity index is 951. The topological polar surface area (TPSA) is 65.0 Å². The Labute approximate surface area is 242 Å². The van der Waals surface area contributed by atoms with Crippen molar-refractivity contribution < 1.29 is 24.1 Å². The van der Waals surface area contributed by atoms with Crippen molar-refractivity contribution in [3.8, 4) is 17.2 Å². The van der Waals surface area contributed by atoms with E-state index in [0.29, 0.717) is 18.1 Å². The average Bonchev–Trinajstić information content (AvgIpc) is 2.97. The third kappa shape index (κ3) is 14.6. The molecular weight excluding hydrogens is 500 g/mol. The number of rotatable bonds is 24.